The lowest BCUT2D eigenvalue weighted by molar-refractivity contribution is -0.115. The molecule has 0 spiro atoms. The second-order valence-electron chi connectivity index (χ2n) is 7.04. The van der Waals surface area contributed by atoms with Crippen molar-refractivity contribution in [2.75, 3.05) is 43.4 Å². The number of carbonyl (C=O) groups is 1. The highest BCUT2D eigenvalue weighted by Crippen LogP contribution is 2.32. The number of anilines is 2. The number of amides is 1. The Balaban J connectivity index is 2.01. The van der Waals surface area contributed by atoms with Crippen LogP contribution < -0.4 is 10.2 Å². The van der Waals surface area contributed by atoms with Gasteiger partial charge in [0.1, 0.15) is 0 Å². The molecule has 1 saturated heterocycles. The summed E-state index contributed by atoms with van der Waals surface area (Å²) in [6, 6.07) is 13.5. The van der Waals surface area contributed by atoms with Crippen LogP contribution in [0.5, 0.6) is 0 Å². The topological polar surface area (TPSA) is 69.7 Å². The number of hydrogen-bond acceptors (Lipinski definition) is 5. The number of benzene rings is 2. The molecule has 3 rings (SSSR count). The van der Waals surface area contributed by atoms with E-state index in [0.29, 0.717) is 5.69 Å². The zero-order chi connectivity index (χ0) is 20.1. The molecule has 1 fully saturated rings. The Morgan fingerprint density at radius 3 is 2.50 bits per heavy atom. The predicted octanol–water partition coefficient (Wildman–Crippen LogP) is 3.01. The lowest BCUT2D eigenvalue weighted by Gasteiger charge is -2.24. The number of rotatable bonds is 5. The van der Waals surface area contributed by atoms with Crippen molar-refractivity contribution in [3.8, 4) is 0 Å². The minimum atomic E-state index is -3.73. The number of sulfone groups is 1. The van der Waals surface area contributed by atoms with E-state index in [1.165, 1.54) is 0 Å². The zero-order valence-corrected chi connectivity index (χ0v) is 17.2. The first-order valence-electron chi connectivity index (χ1n) is 9.59. The van der Waals surface area contributed by atoms with Crippen LogP contribution in [0.4, 0.5) is 11.4 Å². The van der Waals surface area contributed by atoms with Gasteiger partial charge < -0.3 is 15.1 Å². The minimum absolute atomic E-state index is 0.121. The number of nitrogens with one attached hydrogen (secondary N) is 1. The van der Waals surface area contributed by atoms with Gasteiger partial charge in [0.05, 0.1) is 15.5 Å². The van der Waals surface area contributed by atoms with Gasteiger partial charge in [0.2, 0.25) is 15.7 Å². The van der Waals surface area contributed by atoms with E-state index in [2.05, 4.69) is 22.2 Å². The molecule has 1 aliphatic heterocycles. The van der Waals surface area contributed by atoms with E-state index in [1.807, 2.05) is 6.07 Å². The fourth-order valence-electron chi connectivity index (χ4n) is 3.32. The number of hydrogen-bond donors (Lipinski definition) is 1. The Kier molecular flexibility index (Phi) is 6.36. The van der Waals surface area contributed by atoms with Gasteiger partial charge in [0.15, 0.2) is 0 Å². The van der Waals surface area contributed by atoms with Crippen molar-refractivity contribution in [3.63, 3.8) is 0 Å². The summed E-state index contributed by atoms with van der Waals surface area (Å²) in [5.74, 6) is -0.211. The van der Waals surface area contributed by atoms with Crippen molar-refractivity contribution in [2.24, 2.45) is 0 Å². The Morgan fingerprint density at radius 2 is 1.79 bits per heavy atom. The maximum atomic E-state index is 13.1. The molecular weight excluding hydrogens is 374 g/mol. The average Bonchev–Trinajstić information content (AvgIpc) is 2.93. The molecule has 150 valence electrons. The van der Waals surface area contributed by atoms with Gasteiger partial charge in [-0.1, -0.05) is 25.1 Å². The molecule has 28 heavy (non-hydrogen) atoms. The summed E-state index contributed by atoms with van der Waals surface area (Å²) in [5.41, 5.74) is 1.26. The molecule has 0 radical (unpaired) electrons. The van der Waals surface area contributed by atoms with E-state index in [9.17, 15) is 13.2 Å². The number of nitrogens with zero attached hydrogens (tertiary/aromatic N) is 2. The first-order valence-corrected chi connectivity index (χ1v) is 11.1. The van der Waals surface area contributed by atoms with Crippen molar-refractivity contribution in [1.82, 2.24) is 4.90 Å². The number of likely N-dealkylation sites (N-methyl/N-ethyl adjacent to an activating group) is 1. The molecule has 0 aliphatic carbocycles. The van der Waals surface area contributed by atoms with Crippen molar-refractivity contribution in [1.29, 1.82) is 0 Å². The van der Waals surface area contributed by atoms with Gasteiger partial charge in [0.25, 0.3) is 0 Å². The standard InChI is InChI=1S/C21H27N3O3S/c1-3-21(25)22-19-16-17(24-13-7-12-23(2)14-15-24)10-11-20(19)28(26,27)18-8-5-4-6-9-18/h4-6,8-11,16H,3,7,12-15H2,1-2H3,(H,22,25). The van der Waals surface area contributed by atoms with Crippen molar-refractivity contribution in [3.05, 3.63) is 48.5 Å². The smallest absolute Gasteiger partial charge is 0.224 e. The lowest BCUT2D eigenvalue weighted by Crippen LogP contribution is -2.28. The Hall–Kier alpha value is -2.38. The third kappa shape index (κ3) is 4.54. The summed E-state index contributed by atoms with van der Waals surface area (Å²) >= 11 is 0. The first kappa shape index (κ1) is 20.4. The van der Waals surface area contributed by atoms with Gasteiger partial charge in [-0.3, -0.25) is 4.79 Å². The van der Waals surface area contributed by atoms with Gasteiger partial charge in [0, 0.05) is 31.7 Å². The maximum Gasteiger partial charge on any atom is 0.224 e. The van der Waals surface area contributed by atoms with Crippen molar-refractivity contribution >= 4 is 27.1 Å². The van der Waals surface area contributed by atoms with E-state index in [1.54, 1.807) is 49.4 Å². The summed E-state index contributed by atoms with van der Waals surface area (Å²) < 4.78 is 26.3. The second kappa shape index (κ2) is 8.75. The summed E-state index contributed by atoms with van der Waals surface area (Å²) in [5, 5.41) is 2.78. The van der Waals surface area contributed by atoms with Gasteiger partial charge in [-0.2, -0.15) is 0 Å². The summed E-state index contributed by atoms with van der Waals surface area (Å²) in [6.07, 6.45) is 1.32. The lowest BCUT2D eigenvalue weighted by atomic mass is 10.2. The first-order chi connectivity index (χ1) is 13.4. The molecular formula is C21H27N3O3S. The van der Waals surface area contributed by atoms with Crippen molar-refractivity contribution in [2.45, 2.75) is 29.6 Å². The van der Waals surface area contributed by atoms with E-state index in [4.69, 9.17) is 0 Å². The monoisotopic (exact) mass is 401 g/mol. The van der Waals surface area contributed by atoms with E-state index >= 15 is 0 Å². The van der Waals surface area contributed by atoms with E-state index in [0.717, 1.165) is 38.3 Å². The highest BCUT2D eigenvalue weighted by Gasteiger charge is 2.23. The van der Waals surface area contributed by atoms with Crippen LogP contribution in [0.2, 0.25) is 0 Å². The van der Waals surface area contributed by atoms with Gasteiger partial charge >= 0.3 is 0 Å². The molecule has 2 aromatic rings. The van der Waals surface area contributed by atoms with Crippen LogP contribution in [0.3, 0.4) is 0 Å². The van der Waals surface area contributed by atoms with Gasteiger partial charge in [-0.05, 0) is 50.3 Å². The summed E-state index contributed by atoms with van der Waals surface area (Å²) in [7, 11) is -1.63. The van der Waals surface area contributed by atoms with Crippen LogP contribution >= 0.6 is 0 Å². The molecule has 0 saturated carbocycles. The molecule has 2 aromatic carbocycles. The normalized spacial score (nSPS) is 15.9. The fourth-order valence-corrected chi connectivity index (χ4v) is 4.73. The average molecular weight is 402 g/mol. The van der Waals surface area contributed by atoms with E-state index in [-0.39, 0.29) is 22.1 Å². The van der Waals surface area contributed by atoms with Crippen LogP contribution in [0.1, 0.15) is 19.8 Å². The third-order valence-electron chi connectivity index (χ3n) is 4.99. The molecule has 6 nitrogen and oxygen atoms in total. The Labute approximate surface area is 167 Å². The number of carbonyl (C=O) groups excluding carboxylic acids is 1. The quantitative estimate of drug-likeness (QED) is 0.834. The molecule has 1 aliphatic rings. The largest absolute Gasteiger partial charge is 0.370 e. The van der Waals surface area contributed by atoms with Gasteiger partial charge in [-0.25, -0.2) is 8.42 Å². The van der Waals surface area contributed by atoms with Crippen LogP contribution in [-0.2, 0) is 14.6 Å². The third-order valence-corrected chi connectivity index (χ3v) is 6.81. The fraction of sp³-hybridized carbons (Fsp3) is 0.381. The molecule has 1 N–H and O–H groups in total. The van der Waals surface area contributed by atoms with Crippen LogP contribution in [0.25, 0.3) is 0 Å². The van der Waals surface area contributed by atoms with Crippen LogP contribution in [-0.4, -0.2) is 52.5 Å². The SMILES string of the molecule is CCC(=O)Nc1cc(N2CCCN(C)CC2)ccc1S(=O)(=O)c1ccccc1. The molecule has 0 unspecified atom stereocenters. The summed E-state index contributed by atoms with van der Waals surface area (Å²) in [6.45, 7) is 5.49. The molecule has 1 heterocycles. The van der Waals surface area contributed by atoms with E-state index < -0.39 is 9.84 Å². The molecule has 0 atom stereocenters. The van der Waals surface area contributed by atoms with Gasteiger partial charge in [-0.15, -0.1) is 0 Å². The minimum Gasteiger partial charge on any atom is -0.370 e. The molecule has 1 amide bonds. The Morgan fingerprint density at radius 1 is 1.04 bits per heavy atom. The van der Waals surface area contributed by atoms with Crippen molar-refractivity contribution < 1.29 is 13.2 Å². The molecule has 0 aromatic heterocycles. The molecule has 0 bridgehead atoms. The van der Waals surface area contributed by atoms with Crippen LogP contribution in [0.15, 0.2) is 58.3 Å². The molecule has 7 heteroatoms. The highest BCUT2D eigenvalue weighted by atomic mass is 32.2. The predicted molar refractivity (Wildman–Crippen MR) is 112 cm³/mol. The van der Waals surface area contributed by atoms with Crippen LogP contribution in [0, 0.1) is 0 Å². The zero-order valence-electron chi connectivity index (χ0n) is 16.4. The Bertz CT molecular complexity index is 929. The summed E-state index contributed by atoms with van der Waals surface area (Å²) in [4.78, 5) is 16.9. The second-order valence-corrected chi connectivity index (χ2v) is 8.96. The maximum absolute atomic E-state index is 13.1. The highest BCUT2D eigenvalue weighted by molar-refractivity contribution is 7.91.